The van der Waals surface area contributed by atoms with Gasteiger partial charge in [-0.2, -0.15) is 0 Å². The Balaban J connectivity index is 1.28. The molecule has 6 aliphatic rings. The summed E-state index contributed by atoms with van der Waals surface area (Å²) in [5.74, 6) is 5.04. The Morgan fingerprint density at radius 3 is 2.32 bits per heavy atom. The monoisotopic (exact) mass is 412 g/mol. The highest BCUT2D eigenvalue weighted by molar-refractivity contribution is 6.00. The van der Waals surface area contributed by atoms with E-state index in [4.69, 9.17) is 4.74 Å². The lowest BCUT2D eigenvalue weighted by Crippen LogP contribution is -2.48. The van der Waals surface area contributed by atoms with Gasteiger partial charge in [0, 0.05) is 30.4 Å². The van der Waals surface area contributed by atoms with Crippen molar-refractivity contribution in [3.8, 4) is 5.75 Å². The predicted molar refractivity (Wildman–Crippen MR) is 123 cm³/mol. The van der Waals surface area contributed by atoms with Crippen molar-refractivity contribution in [3.05, 3.63) is 52.8 Å². The molecule has 160 valence electrons. The summed E-state index contributed by atoms with van der Waals surface area (Å²) in [6.07, 6.45) is 10.9. The van der Waals surface area contributed by atoms with Crippen LogP contribution in [0.5, 0.6) is 5.75 Å². The van der Waals surface area contributed by atoms with Crippen LogP contribution in [0.4, 0.5) is 0 Å². The second-order valence-electron chi connectivity index (χ2n) is 12.3. The normalized spacial score (nSPS) is 35.2. The number of Topliss-reactive ketones (excluding diaryl/α,β-unsaturated/α-hetero) is 1. The number of carbonyl (C=O) groups is 1. The maximum Gasteiger partial charge on any atom is 0.163 e. The first-order valence-electron chi connectivity index (χ1n) is 12.4. The zero-order valence-corrected chi connectivity index (χ0v) is 18.8. The molecule has 4 fully saturated rings. The Morgan fingerprint density at radius 2 is 1.61 bits per heavy atom. The van der Waals surface area contributed by atoms with E-state index in [0.29, 0.717) is 11.8 Å². The van der Waals surface area contributed by atoms with Gasteiger partial charge in [-0.3, -0.25) is 4.79 Å². The Bertz CT molecular complexity index is 1130. The molecule has 0 aromatic heterocycles. The molecule has 2 aromatic carbocycles. The molecule has 1 aliphatic heterocycles. The third-order valence-electron chi connectivity index (χ3n) is 9.28. The number of benzene rings is 2. The van der Waals surface area contributed by atoms with Gasteiger partial charge in [0.2, 0.25) is 0 Å². The van der Waals surface area contributed by atoms with E-state index in [0.717, 1.165) is 47.7 Å². The molecule has 0 spiro atoms. The maximum atomic E-state index is 12.9. The average molecular weight is 413 g/mol. The molecule has 2 heteroatoms. The smallest absolute Gasteiger partial charge is 0.163 e. The van der Waals surface area contributed by atoms with Crippen molar-refractivity contribution >= 4 is 16.6 Å². The second kappa shape index (κ2) is 6.03. The average Bonchev–Trinajstić information content (AvgIpc) is 2.70. The molecule has 0 amide bonds. The van der Waals surface area contributed by atoms with E-state index in [1.165, 1.54) is 54.9 Å². The van der Waals surface area contributed by atoms with E-state index in [1.807, 2.05) is 0 Å². The van der Waals surface area contributed by atoms with Crippen molar-refractivity contribution in [1.82, 2.24) is 0 Å². The quantitative estimate of drug-likeness (QED) is 0.510. The van der Waals surface area contributed by atoms with E-state index in [-0.39, 0.29) is 11.2 Å². The van der Waals surface area contributed by atoms with E-state index in [9.17, 15) is 4.79 Å². The standard InChI is InChI=1S/C29H32O2/c1-28(2)15-25(30)24-11-23-22-5-4-21(10-20(22)3-6-26(23)31-27(24)16-28)29-12-17-7-18(13-29)9-19(8-17)14-29/h3-6,10,17-19H,7-9,11-16H2,1-2H3. The van der Waals surface area contributed by atoms with Gasteiger partial charge >= 0.3 is 0 Å². The highest BCUT2D eigenvalue weighted by Crippen LogP contribution is 2.61. The molecule has 0 saturated heterocycles. The van der Waals surface area contributed by atoms with Crippen LogP contribution in [0.15, 0.2) is 41.7 Å². The van der Waals surface area contributed by atoms with Crippen molar-refractivity contribution < 1.29 is 9.53 Å². The number of ketones is 1. The van der Waals surface area contributed by atoms with Gasteiger partial charge in [0.05, 0.1) is 0 Å². The van der Waals surface area contributed by atoms with Gasteiger partial charge in [0.25, 0.3) is 0 Å². The fourth-order valence-electron chi connectivity index (χ4n) is 8.35. The fraction of sp³-hybridized carbons (Fsp3) is 0.552. The van der Waals surface area contributed by atoms with Crippen LogP contribution in [0, 0.1) is 23.2 Å². The van der Waals surface area contributed by atoms with Gasteiger partial charge in [-0.15, -0.1) is 0 Å². The maximum absolute atomic E-state index is 12.9. The van der Waals surface area contributed by atoms with E-state index < -0.39 is 0 Å². The summed E-state index contributed by atoms with van der Waals surface area (Å²) in [5, 5.41) is 2.60. The molecule has 31 heavy (non-hydrogen) atoms. The van der Waals surface area contributed by atoms with Crippen molar-refractivity contribution in [2.45, 2.75) is 77.0 Å². The lowest BCUT2D eigenvalue weighted by molar-refractivity contribution is -0.118. The number of rotatable bonds is 1. The van der Waals surface area contributed by atoms with Gasteiger partial charge < -0.3 is 4.74 Å². The highest BCUT2D eigenvalue weighted by Gasteiger charge is 2.51. The lowest BCUT2D eigenvalue weighted by Gasteiger charge is -2.57. The summed E-state index contributed by atoms with van der Waals surface area (Å²) in [5.41, 5.74) is 4.13. The molecule has 1 heterocycles. The molecule has 0 radical (unpaired) electrons. The molecule has 0 unspecified atom stereocenters. The summed E-state index contributed by atoms with van der Waals surface area (Å²) in [4.78, 5) is 12.9. The molecule has 2 nitrogen and oxygen atoms in total. The number of hydrogen-bond acceptors (Lipinski definition) is 2. The highest BCUT2D eigenvalue weighted by atomic mass is 16.5. The summed E-state index contributed by atoms with van der Waals surface area (Å²) in [6, 6.07) is 11.6. The van der Waals surface area contributed by atoms with Crippen molar-refractivity contribution in [1.29, 1.82) is 0 Å². The van der Waals surface area contributed by atoms with Crippen molar-refractivity contribution in [2.75, 3.05) is 0 Å². The van der Waals surface area contributed by atoms with Gasteiger partial charge in [0.1, 0.15) is 11.5 Å². The number of ether oxygens (including phenoxy) is 1. The summed E-state index contributed by atoms with van der Waals surface area (Å²) in [7, 11) is 0. The molecular formula is C29H32O2. The van der Waals surface area contributed by atoms with E-state index >= 15 is 0 Å². The van der Waals surface area contributed by atoms with Crippen molar-refractivity contribution in [3.63, 3.8) is 0 Å². The predicted octanol–water partition coefficient (Wildman–Crippen LogP) is 6.89. The van der Waals surface area contributed by atoms with Crippen LogP contribution in [0.3, 0.4) is 0 Å². The number of fused-ring (bicyclic) bond motifs is 3. The lowest BCUT2D eigenvalue weighted by atomic mass is 9.48. The first-order valence-corrected chi connectivity index (χ1v) is 12.4. The van der Waals surface area contributed by atoms with Crippen LogP contribution in [0.25, 0.3) is 10.8 Å². The van der Waals surface area contributed by atoms with Crippen LogP contribution < -0.4 is 4.74 Å². The molecule has 4 bridgehead atoms. The second-order valence-corrected chi connectivity index (χ2v) is 12.3. The first-order chi connectivity index (χ1) is 14.9. The van der Waals surface area contributed by atoms with Gasteiger partial charge in [0.15, 0.2) is 5.78 Å². The van der Waals surface area contributed by atoms with Crippen molar-refractivity contribution in [2.24, 2.45) is 23.2 Å². The Kier molecular flexibility index (Phi) is 3.59. The van der Waals surface area contributed by atoms with Crippen LogP contribution in [-0.4, -0.2) is 5.78 Å². The molecule has 5 aliphatic carbocycles. The van der Waals surface area contributed by atoms with Gasteiger partial charge in [-0.25, -0.2) is 0 Å². The minimum atomic E-state index is -0.00295. The summed E-state index contributed by atoms with van der Waals surface area (Å²) >= 11 is 0. The minimum Gasteiger partial charge on any atom is -0.461 e. The fourth-order valence-corrected chi connectivity index (χ4v) is 8.35. The van der Waals surface area contributed by atoms with Gasteiger partial charge in [-0.05, 0) is 89.5 Å². The van der Waals surface area contributed by atoms with Crippen LogP contribution >= 0.6 is 0 Å². The minimum absolute atomic E-state index is 0.00295. The van der Waals surface area contributed by atoms with Crippen LogP contribution in [-0.2, 0) is 16.6 Å². The zero-order valence-electron chi connectivity index (χ0n) is 18.8. The van der Waals surface area contributed by atoms with Crippen LogP contribution in [0.2, 0.25) is 0 Å². The Hall–Kier alpha value is -2.09. The molecule has 2 aromatic rings. The zero-order chi connectivity index (χ0) is 21.0. The first kappa shape index (κ1) is 18.5. The summed E-state index contributed by atoms with van der Waals surface area (Å²) < 4.78 is 6.34. The molecule has 4 saturated carbocycles. The third kappa shape index (κ3) is 2.73. The topological polar surface area (TPSA) is 26.3 Å². The number of allylic oxidation sites excluding steroid dienone is 2. The Morgan fingerprint density at radius 1 is 0.903 bits per heavy atom. The van der Waals surface area contributed by atoms with Crippen LogP contribution in [0.1, 0.15) is 76.3 Å². The van der Waals surface area contributed by atoms with Gasteiger partial charge in [-0.1, -0.05) is 38.1 Å². The Labute approximate surface area is 185 Å². The molecule has 8 rings (SSSR count). The van der Waals surface area contributed by atoms with E-state index in [1.54, 1.807) is 5.56 Å². The number of carbonyl (C=O) groups excluding carboxylic acids is 1. The molecule has 0 N–H and O–H groups in total. The SMILES string of the molecule is CC1(C)CC(=O)C2=C(C1)Oc1ccc3cc(C45CC6CC(CC(C6)C4)C5)ccc3c1C2. The summed E-state index contributed by atoms with van der Waals surface area (Å²) in [6.45, 7) is 4.33. The van der Waals surface area contributed by atoms with E-state index in [2.05, 4.69) is 44.2 Å². The molecular weight excluding hydrogens is 380 g/mol. The largest absolute Gasteiger partial charge is 0.461 e. The number of hydrogen-bond donors (Lipinski definition) is 0. The molecule has 0 atom stereocenters. The third-order valence-corrected chi connectivity index (χ3v) is 9.28.